The number of aromatic nitrogens is 1. The number of rotatable bonds is 8. The molecule has 0 aliphatic rings. The number of thiazole rings is 1. The first-order valence-electron chi connectivity index (χ1n) is 8.66. The Kier molecular flexibility index (Phi) is 8.84. The average Bonchev–Trinajstić information content (AvgIpc) is 3.06. The first kappa shape index (κ1) is 21.5. The zero-order valence-electron chi connectivity index (χ0n) is 15.3. The Bertz CT molecular complexity index is 794. The van der Waals surface area contributed by atoms with Crippen molar-refractivity contribution in [3.63, 3.8) is 0 Å². The summed E-state index contributed by atoms with van der Waals surface area (Å²) >= 11 is 13.4. The molecule has 1 aromatic heterocycles. The molecule has 1 amide bonds. The molecule has 0 radical (unpaired) electrons. The van der Waals surface area contributed by atoms with Crippen LogP contribution < -0.4 is 16.0 Å². The highest BCUT2D eigenvalue weighted by Crippen LogP contribution is 2.22. The third-order valence-corrected chi connectivity index (χ3v) is 5.09. The van der Waals surface area contributed by atoms with Crippen molar-refractivity contribution >= 4 is 46.4 Å². The molecule has 1 aromatic carbocycles. The lowest BCUT2D eigenvalue weighted by atomic mass is 10.2. The lowest BCUT2D eigenvalue weighted by Crippen LogP contribution is -2.41. The summed E-state index contributed by atoms with van der Waals surface area (Å²) in [5, 5.41) is 13.1. The molecule has 0 saturated carbocycles. The van der Waals surface area contributed by atoms with Gasteiger partial charge in [-0.3, -0.25) is 9.79 Å². The number of nitrogens with one attached hydrogen (secondary N) is 3. The number of hydrogen-bond donors (Lipinski definition) is 3. The van der Waals surface area contributed by atoms with Gasteiger partial charge in [-0.25, -0.2) is 4.98 Å². The van der Waals surface area contributed by atoms with Crippen LogP contribution in [0.3, 0.4) is 0 Å². The van der Waals surface area contributed by atoms with Crippen molar-refractivity contribution in [1.82, 2.24) is 20.9 Å². The van der Waals surface area contributed by atoms with Crippen LogP contribution in [0.4, 0.5) is 0 Å². The predicted octanol–water partition coefficient (Wildman–Crippen LogP) is 3.29. The molecule has 27 heavy (non-hydrogen) atoms. The maximum Gasteiger partial charge on any atom is 0.251 e. The second-order valence-electron chi connectivity index (χ2n) is 5.68. The average molecular weight is 428 g/mol. The van der Waals surface area contributed by atoms with E-state index in [4.69, 9.17) is 23.2 Å². The summed E-state index contributed by atoms with van der Waals surface area (Å²) in [5.74, 6) is 0.518. The van der Waals surface area contributed by atoms with E-state index >= 15 is 0 Å². The third-order valence-electron chi connectivity index (χ3n) is 3.53. The fourth-order valence-corrected chi connectivity index (χ4v) is 3.19. The molecule has 146 valence electrons. The number of aryl methyl sites for hydroxylation is 1. The van der Waals surface area contributed by atoms with Gasteiger partial charge in [-0.05, 0) is 32.0 Å². The molecule has 0 spiro atoms. The summed E-state index contributed by atoms with van der Waals surface area (Å²) < 4.78 is 0. The maximum absolute atomic E-state index is 12.1. The molecule has 1 heterocycles. The number of aliphatic imine (C=N–C) groups is 1. The minimum atomic E-state index is -0.198. The number of carbonyl (C=O) groups is 1. The molecular formula is C18H23Cl2N5OS. The number of halogens is 2. The van der Waals surface area contributed by atoms with E-state index in [-0.39, 0.29) is 5.91 Å². The standard InChI is InChI=1S/C18H23Cl2N5OS/c1-3-21-18(23-7-6-14-11-27-12(2)25-14)24-9-8-22-17(26)13-4-5-15(19)16(20)10-13/h4-5,10-11H,3,6-9H2,1-2H3,(H,22,26)(H2,21,23,24). The molecule has 2 aromatic rings. The van der Waals surface area contributed by atoms with E-state index < -0.39 is 0 Å². The van der Waals surface area contributed by atoms with Crippen LogP contribution >= 0.6 is 34.5 Å². The zero-order valence-corrected chi connectivity index (χ0v) is 17.6. The van der Waals surface area contributed by atoms with Crippen molar-refractivity contribution in [1.29, 1.82) is 0 Å². The van der Waals surface area contributed by atoms with Crippen LogP contribution in [0, 0.1) is 6.92 Å². The summed E-state index contributed by atoms with van der Waals surface area (Å²) in [5.41, 5.74) is 1.54. The first-order valence-corrected chi connectivity index (χ1v) is 10.3. The van der Waals surface area contributed by atoms with Crippen LogP contribution in [-0.2, 0) is 6.42 Å². The minimum Gasteiger partial charge on any atom is -0.357 e. The predicted molar refractivity (Wildman–Crippen MR) is 113 cm³/mol. The second kappa shape index (κ2) is 11.1. The van der Waals surface area contributed by atoms with Crippen molar-refractivity contribution < 1.29 is 4.79 Å². The van der Waals surface area contributed by atoms with Crippen molar-refractivity contribution in [3.05, 3.63) is 49.9 Å². The van der Waals surface area contributed by atoms with E-state index in [1.54, 1.807) is 29.5 Å². The van der Waals surface area contributed by atoms with E-state index in [9.17, 15) is 4.79 Å². The van der Waals surface area contributed by atoms with Crippen molar-refractivity contribution in [2.24, 2.45) is 4.99 Å². The van der Waals surface area contributed by atoms with Gasteiger partial charge < -0.3 is 16.0 Å². The molecule has 6 nitrogen and oxygen atoms in total. The van der Waals surface area contributed by atoms with Gasteiger partial charge in [0.25, 0.3) is 5.91 Å². The van der Waals surface area contributed by atoms with Gasteiger partial charge in [-0.1, -0.05) is 23.2 Å². The van der Waals surface area contributed by atoms with Crippen LogP contribution in [-0.4, -0.2) is 43.0 Å². The molecule has 0 aliphatic carbocycles. The SMILES string of the molecule is CCNC(=NCCc1csc(C)n1)NCCNC(=O)c1ccc(Cl)c(Cl)c1. The number of carbonyl (C=O) groups excluding carboxylic acids is 1. The Morgan fingerprint density at radius 3 is 2.63 bits per heavy atom. The van der Waals surface area contributed by atoms with E-state index in [0.29, 0.717) is 41.2 Å². The Hall–Kier alpha value is -1.83. The molecular weight excluding hydrogens is 405 g/mol. The topological polar surface area (TPSA) is 78.4 Å². The van der Waals surface area contributed by atoms with Gasteiger partial charge in [0, 0.05) is 43.5 Å². The number of benzene rings is 1. The van der Waals surface area contributed by atoms with E-state index in [1.165, 1.54) is 0 Å². The van der Waals surface area contributed by atoms with Crippen LogP contribution in [0.2, 0.25) is 10.0 Å². The number of amides is 1. The first-order chi connectivity index (χ1) is 13.0. The quantitative estimate of drug-likeness (QED) is 0.343. The second-order valence-corrected chi connectivity index (χ2v) is 7.56. The van der Waals surface area contributed by atoms with E-state index in [2.05, 4.69) is 31.3 Å². The summed E-state index contributed by atoms with van der Waals surface area (Å²) in [6.45, 7) is 6.41. The molecule has 2 rings (SSSR count). The molecule has 0 bridgehead atoms. The summed E-state index contributed by atoms with van der Waals surface area (Å²) in [6, 6.07) is 4.80. The third kappa shape index (κ3) is 7.36. The lowest BCUT2D eigenvalue weighted by Gasteiger charge is -2.12. The van der Waals surface area contributed by atoms with Crippen LogP contribution in [0.1, 0.15) is 28.0 Å². The summed E-state index contributed by atoms with van der Waals surface area (Å²) in [4.78, 5) is 21.1. The van der Waals surface area contributed by atoms with Gasteiger partial charge in [0.1, 0.15) is 0 Å². The van der Waals surface area contributed by atoms with Gasteiger partial charge in [0.15, 0.2) is 5.96 Å². The smallest absolute Gasteiger partial charge is 0.251 e. The van der Waals surface area contributed by atoms with Crippen molar-refractivity contribution in [2.75, 3.05) is 26.2 Å². The van der Waals surface area contributed by atoms with Gasteiger partial charge in [-0.15, -0.1) is 11.3 Å². The Morgan fingerprint density at radius 2 is 1.96 bits per heavy atom. The van der Waals surface area contributed by atoms with E-state index in [1.807, 2.05) is 13.8 Å². The molecule has 0 fully saturated rings. The largest absolute Gasteiger partial charge is 0.357 e. The lowest BCUT2D eigenvalue weighted by molar-refractivity contribution is 0.0954. The Balaban J connectivity index is 1.75. The molecule has 9 heteroatoms. The molecule has 0 saturated heterocycles. The molecule has 0 atom stereocenters. The maximum atomic E-state index is 12.1. The minimum absolute atomic E-state index is 0.198. The van der Waals surface area contributed by atoms with E-state index in [0.717, 1.165) is 23.7 Å². The van der Waals surface area contributed by atoms with Gasteiger partial charge in [-0.2, -0.15) is 0 Å². The van der Waals surface area contributed by atoms with Gasteiger partial charge in [0.2, 0.25) is 0 Å². The zero-order chi connectivity index (χ0) is 19.6. The Labute approximate surface area is 173 Å². The van der Waals surface area contributed by atoms with Gasteiger partial charge in [0.05, 0.1) is 20.7 Å². The fraction of sp³-hybridized carbons (Fsp3) is 0.389. The highest BCUT2D eigenvalue weighted by atomic mass is 35.5. The Morgan fingerprint density at radius 1 is 1.19 bits per heavy atom. The highest BCUT2D eigenvalue weighted by Gasteiger charge is 2.07. The van der Waals surface area contributed by atoms with Gasteiger partial charge >= 0.3 is 0 Å². The van der Waals surface area contributed by atoms with Crippen LogP contribution in [0.25, 0.3) is 0 Å². The highest BCUT2D eigenvalue weighted by molar-refractivity contribution is 7.09. The number of guanidine groups is 1. The van der Waals surface area contributed by atoms with Crippen LogP contribution in [0.15, 0.2) is 28.6 Å². The van der Waals surface area contributed by atoms with Crippen molar-refractivity contribution in [3.8, 4) is 0 Å². The monoisotopic (exact) mass is 427 g/mol. The molecule has 3 N–H and O–H groups in total. The fourth-order valence-electron chi connectivity index (χ4n) is 2.24. The summed E-state index contributed by atoms with van der Waals surface area (Å²) in [6.07, 6.45) is 0.801. The molecule has 0 unspecified atom stereocenters. The number of hydrogen-bond acceptors (Lipinski definition) is 4. The summed E-state index contributed by atoms with van der Waals surface area (Å²) in [7, 11) is 0. The molecule has 0 aliphatic heterocycles. The normalized spacial score (nSPS) is 11.3. The number of nitrogens with zero attached hydrogens (tertiary/aromatic N) is 2. The van der Waals surface area contributed by atoms with Crippen molar-refractivity contribution in [2.45, 2.75) is 20.3 Å². The van der Waals surface area contributed by atoms with Crippen LogP contribution in [0.5, 0.6) is 0 Å².